The predicted molar refractivity (Wildman–Crippen MR) is 104 cm³/mol. The molecule has 0 unspecified atom stereocenters. The summed E-state index contributed by atoms with van der Waals surface area (Å²) in [4.78, 5) is 12.5. The molecule has 1 aromatic heterocycles. The van der Waals surface area contributed by atoms with Crippen molar-refractivity contribution in [3.63, 3.8) is 0 Å². The standard InChI is InChI=1S/C19H17FIN3O/c1-12-18(22-19(25)15-8-4-6-10-17(15)21)13(2)24(23-12)11-14-7-3-5-9-16(14)20/h3-10H,11H2,1-2H3,(H,22,25). The van der Waals surface area contributed by atoms with E-state index in [4.69, 9.17) is 0 Å². The summed E-state index contributed by atoms with van der Waals surface area (Å²) in [5.41, 5.74) is 3.33. The minimum absolute atomic E-state index is 0.179. The Morgan fingerprint density at radius 3 is 2.56 bits per heavy atom. The highest BCUT2D eigenvalue weighted by atomic mass is 127. The molecule has 0 saturated carbocycles. The molecule has 6 heteroatoms. The molecule has 2 aromatic carbocycles. The van der Waals surface area contributed by atoms with Gasteiger partial charge in [0, 0.05) is 9.13 Å². The number of carbonyl (C=O) groups excluding carboxylic acids is 1. The highest BCUT2D eigenvalue weighted by molar-refractivity contribution is 14.1. The van der Waals surface area contributed by atoms with Crippen LogP contribution in [0.25, 0.3) is 0 Å². The third-order valence-electron chi connectivity index (χ3n) is 4.02. The zero-order valence-electron chi connectivity index (χ0n) is 13.9. The molecule has 3 aromatic rings. The van der Waals surface area contributed by atoms with E-state index in [1.54, 1.807) is 28.9 Å². The van der Waals surface area contributed by atoms with Crippen LogP contribution in [0, 0.1) is 23.2 Å². The number of rotatable bonds is 4. The van der Waals surface area contributed by atoms with Crippen LogP contribution in [0.2, 0.25) is 0 Å². The molecule has 0 saturated heterocycles. The van der Waals surface area contributed by atoms with Gasteiger partial charge in [-0.1, -0.05) is 30.3 Å². The van der Waals surface area contributed by atoms with Crippen molar-refractivity contribution >= 4 is 34.2 Å². The van der Waals surface area contributed by atoms with Gasteiger partial charge < -0.3 is 5.32 Å². The maximum absolute atomic E-state index is 13.9. The number of hydrogen-bond donors (Lipinski definition) is 1. The van der Waals surface area contributed by atoms with E-state index in [-0.39, 0.29) is 11.7 Å². The Morgan fingerprint density at radius 1 is 1.16 bits per heavy atom. The molecular formula is C19H17FIN3O. The molecule has 0 bridgehead atoms. The lowest BCUT2D eigenvalue weighted by Crippen LogP contribution is -2.14. The summed E-state index contributed by atoms with van der Waals surface area (Å²) >= 11 is 2.14. The van der Waals surface area contributed by atoms with Crippen LogP contribution in [0.1, 0.15) is 27.3 Å². The minimum atomic E-state index is -0.264. The summed E-state index contributed by atoms with van der Waals surface area (Å²) in [7, 11) is 0. The van der Waals surface area contributed by atoms with Crippen molar-refractivity contribution in [2.75, 3.05) is 5.32 Å². The topological polar surface area (TPSA) is 46.9 Å². The Bertz CT molecular complexity index is 936. The highest BCUT2D eigenvalue weighted by Gasteiger charge is 2.17. The summed E-state index contributed by atoms with van der Waals surface area (Å²) in [5.74, 6) is -0.443. The molecule has 0 atom stereocenters. The average Bonchev–Trinajstić information content (AvgIpc) is 2.85. The Labute approximate surface area is 159 Å². The molecule has 0 fully saturated rings. The van der Waals surface area contributed by atoms with Crippen LogP contribution in [0.3, 0.4) is 0 Å². The summed E-state index contributed by atoms with van der Waals surface area (Å²) in [6.07, 6.45) is 0. The van der Waals surface area contributed by atoms with Crippen molar-refractivity contribution < 1.29 is 9.18 Å². The monoisotopic (exact) mass is 449 g/mol. The fraction of sp³-hybridized carbons (Fsp3) is 0.158. The SMILES string of the molecule is Cc1nn(Cc2ccccc2F)c(C)c1NC(=O)c1ccccc1I. The molecule has 1 heterocycles. The molecule has 0 spiro atoms. The van der Waals surface area contributed by atoms with Crippen LogP contribution in [-0.4, -0.2) is 15.7 Å². The molecule has 25 heavy (non-hydrogen) atoms. The van der Waals surface area contributed by atoms with Crippen LogP contribution in [-0.2, 0) is 6.54 Å². The summed E-state index contributed by atoms with van der Waals surface area (Å²) in [6, 6.07) is 14.0. The lowest BCUT2D eigenvalue weighted by molar-refractivity contribution is 0.102. The van der Waals surface area contributed by atoms with Crippen molar-refractivity contribution in [1.82, 2.24) is 9.78 Å². The highest BCUT2D eigenvalue weighted by Crippen LogP contribution is 2.23. The van der Waals surface area contributed by atoms with Gasteiger partial charge in [0.25, 0.3) is 5.91 Å². The van der Waals surface area contributed by atoms with Gasteiger partial charge in [0.05, 0.1) is 29.2 Å². The lowest BCUT2D eigenvalue weighted by Gasteiger charge is -2.09. The number of nitrogens with one attached hydrogen (secondary N) is 1. The maximum atomic E-state index is 13.9. The van der Waals surface area contributed by atoms with Gasteiger partial charge in [0.15, 0.2) is 0 Å². The summed E-state index contributed by atoms with van der Waals surface area (Å²) in [6.45, 7) is 4.01. The minimum Gasteiger partial charge on any atom is -0.319 e. The van der Waals surface area contributed by atoms with Gasteiger partial charge in [0.2, 0.25) is 0 Å². The Hall–Kier alpha value is -2.22. The third-order valence-corrected chi connectivity index (χ3v) is 4.96. The quantitative estimate of drug-likeness (QED) is 0.595. The number of carbonyl (C=O) groups is 1. The largest absolute Gasteiger partial charge is 0.319 e. The van der Waals surface area contributed by atoms with E-state index in [2.05, 4.69) is 33.0 Å². The van der Waals surface area contributed by atoms with E-state index >= 15 is 0 Å². The van der Waals surface area contributed by atoms with Gasteiger partial charge in [0.1, 0.15) is 5.82 Å². The van der Waals surface area contributed by atoms with Gasteiger partial charge in [-0.2, -0.15) is 5.10 Å². The van der Waals surface area contributed by atoms with E-state index in [1.165, 1.54) is 6.07 Å². The van der Waals surface area contributed by atoms with Gasteiger partial charge in [-0.15, -0.1) is 0 Å². The smallest absolute Gasteiger partial charge is 0.256 e. The van der Waals surface area contributed by atoms with Crippen molar-refractivity contribution in [1.29, 1.82) is 0 Å². The average molecular weight is 449 g/mol. The van der Waals surface area contributed by atoms with Crippen LogP contribution in [0.5, 0.6) is 0 Å². The van der Waals surface area contributed by atoms with E-state index in [0.717, 1.165) is 9.26 Å². The van der Waals surface area contributed by atoms with Crippen LogP contribution >= 0.6 is 22.6 Å². The van der Waals surface area contributed by atoms with Crippen LogP contribution in [0.15, 0.2) is 48.5 Å². The Balaban J connectivity index is 1.86. The van der Waals surface area contributed by atoms with Crippen molar-refractivity contribution in [2.24, 2.45) is 0 Å². The molecule has 0 aliphatic rings. The Morgan fingerprint density at radius 2 is 1.84 bits per heavy atom. The molecule has 0 aliphatic carbocycles. The van der Waals surface area contributed by atoms with E-state index in [1.807, 2.05) is 32.0 Å². The van der Waals surface area contributed by atoms with Gasteiger partial charge in [-0.25, -0.2) is 4.39 Å². The first-order valence-electron chi connectivity index (χ1n) is 7.80. The van der Waals surface area contributed by atoms with Crippen molar-refractivity contribution in [3.8, 4) is 0 Å². The summed E-state index contributed by atoms with van der Waals surface area (Å²) in [5, 5.41) is 7.38. The zero-order chi connectivity index (χ0) is 18.0. The zero-order valence-corrected chi connectivity index (χ0v) is 16.0. The second kappa shape index (κ2) is 7.35. The van der Waals surface area contributed by atoms with Gasteiger partial charge >= 0.3 is 0 Å². The first-order valence-corrected chi connectivity index (χ1v) is 8.88. The van der Waals surface area contributed by atoms with Crippen molar-refractivity contribution in [2.45, 2.75) is 20.4 Å². The Kier molecular flexibility index (Phi) is 5.17. The predicted octanol–water partition coefficient (Wildman–Crippen LogP) is 4.54. The molecule has 0 aliphatic heterocycles. The number of aryl methyl sites for hydroxylation is 1. The maximum Gasteiger partial charge on any atom is 0.256 e. The fourth-order valence-corrected chi connectivity index (χ4v) is 3.28. The number of amides is 1. The molecule has 3 rings (SSSR count). The molecule has 0 radical (unpaired) electrons. The summed E-state index contributed by atoms with van der Waals surface area (Å²) < 4.78 is 16.5. The number of nitrogens with zero attached hydrogens (tertiary/aromatic N) is 2. The van der Waals surface area contributed by atoms with Crippen molar-refractivity contribution in [3.05, 3.63) is 80.4 Å². The fourth-order valence-electron chi connectivity index (χ4n) is 2.65. The van der Waals surface area contributed by atoms with E-state index in [0.29, 0.717) is 29.1 Å². The molecule has 1 N–H and O–H groups in total. The number of halogens is 2. The first-order chi connectivity index (χ1) is 12.0. The van der Waals surface area contributed by atoms with E-state index in [9.17, 15) is 9.18 Å². The molecular weight excluding hydrogens is 432 g/mol. The number of benzene rings is 2. The second-order valence-electron chi connectivity index (χ2n) is 5.73. The van der Waals surface area contributed by atoms with Gasteiger partial charge in [-0.05, 0) is 54.6 Å². The normalized spacial score (nSPS) is 10.7. The molecule has 4 nitrogen and oxygen atoms in total. The molecule has 128 valence electrons. The lowest BCUT2D eigenvalue weighted by atomic mass is 10.2. The van der Waals surface area contributed by atoms with Crippen LogP contribution in [0.4, 0.5) is 10.1 Å². The number of anilines is 1. The number of hydrogen-bond acceptors (Lipinski definition) is 2. The second-order valence-corrected chi connectivity index (χ2v) is 6.89. The van der Waals surface area contributed by atoms with Gasteiger partial charge in [-0.3, -0.25) is 9.48 Å². The van der Waals surface area contributed by atoms with Crippen LogP contribution < -0.4 is 5.32 Å². The third kappa shape index (κ3) is 3.73. The van der Waals surface area contributed by atoms with E-state index < -0.39 is 0 Å². The number of aromatic nitrogens is 2. The first kappa shape index (κ1) is 17.6. The molecule has 1 amide bonds.